The van der Waals surface area contributed by atoms with Crippen LogP contribution < -0.4 is 4.74 Å². The van der Waals surface area contributed by atoms with E-state index in [2.05, 4.69) is 4.98 Å². The number of halogens is 4. The molecule has 8 nitrogen and oxygen atoms in total. The lowest BCUT2D eigenvalue weighted by atomic mass is 9.82. The van der Waals surface area contributed by atoms with E-state index in [1.54, 1.807) is 11.0 Å². The highest BCUT2D eigenvalue weighted by molar-refractivity contribution is 5.94. The van der Waals surface area contributed by atoms with Crippen molar-refractivity contribution in [2.45, 2.75) is 6.18 Å². The van der Waals surface area contributed by atoms with Crippen molar-refractivity contribution in [2.24, 2.45) is 11.3 Å². The van der Waals surface area contributed by atoms with Gasteiger partial charge >= 0.3 is 12.1 Å². The zero-order valence-electron chi connectivity index (χ0n) is 16.0. The van der Waals surface area contributed by atoms with Crippen molar-refractivity contribution in [3.05, 3.63) is 48.3 Å². The molecule has 0 saturated carbocycles. The van der Waals surface area contributed by atoms with E-state index in [0.717, 1.165) is 0 Å². The van der Waals surface area contributed by atoms with Gasteiger partial charge in [-0.15, -0.1) is 0 Å². The molecule has 2 aromatic rings. The van der Waals surface area contributed by atoms with Crippen molar-refractivity contribution >= 4 is 11.9 Å². The van der Waals surface area contributed by atoms with E-state index >= 15 is 0 Å². The number of rotatable bonds is 4. The van der Waals surface area contributed by atoms with Crippen LogP contribution in [0.4, 0.5) is 17.6 Å². The normalized spacial score (nSPS) is 22.5. The Morgan fingerprint density at radius 1 is 1.35 bits per heavy atom. The van der Waals surface area contributed by atoms with E-state index in [4.69, 9.17) is 23.8 Å². The van der Waals surface area contributed by atoms with Gasteiger partial charge < -0.3 is 23.9 Å². The second-order valence-corrected chi connectivity index (χ2v) is 7.15. The monoisotopic (exact) mass is 446 g/mol. The Kier molecular flexibility index (Phi) is 6.48. The number of carbonyl (C=O) groups excluding carboxylic acids is 1. The Hall–Kier alpha value is -3.15. The van der Waals surface area contributed by atoms with E-state index in [1.807, 2.05) is 0 Å². The quantitative estimate of drug-likeness (QED) is 0.721. The van der Waals surface area contributed by atoms with Crippen molar-refractivity contribution in [1.29, 1.82) is 0 Å². The zero-order chi connectivity index (χ0) is 22.6. The molecule has 1 amide bonds. The molecule has 0 radical (unpaired) electrons. The predicted molar refractivity (Wildman–Crippen MR) is 94.7 cm³/mol. The molecule has 31 heavy (non-hydrogen) atoms. The molecule has 2 aromatic heterocycles. The van der Waals surface area contributed by atoms with Crippen LogP contribution >= 0.6 is 0 Å². The Balaban J connectivity index is 0.000000339. The molecule has 0 aliphatic carbocycles. The van der Waals surface area contributed by atoms with Crippen LogP contribution in [0.1, 0.15) is 10.4 Å². The first-order chi connectivity index (χ1) is 14.6. The minimum atomic E-state index is -5.08. The zero-order valence-corrected chi connectivity index (χ0v) is 16.0. The lowest BCUT2D eigenvalue weighted by Crippen LogP contribution is -2.38. The third-order valence-corrected chi connectivity index (χ3v) is 5.04. The third-order valence-electron chi connectivity index (χ3n) is 5.04. The number of furan rings is 1. The van der Waals surface area contributed by atoms with Gasteiger partial charge in [0.15, 0.2) is 5.82 Å². The first-order valence-electron chi connectivity index (χ1n) is 9.05. The number of nitrogens with zero attached hydrogens (tertiary/aromatic N) is 2. The lowest BCUT2D eigenvalue weighted by molar-refractivity contribution is -0.192. The van der Waals surface area contributed by atoms with Gasteiger partial charge in [-0.25, -0.2) is 14.2 Å². The summed E-state index contributed by atoms with van der Waals surface area (Å²) >= 11 is 0. The topological polar surface area (TPSA) is 102 Å². The molecular formula is C19H18F4N2O6. The summed E-state index contributed by atoms with van der Waals surface area (Å²) in [5.74, 6) is -3.17. The molecule has 4 rings (SSSR count). The van der Waals surface area contributed by atoms with Gasteiger partial charge in [0.25, 0.3) is 5.91 Å². The largest absolute Gasteiger partial charge is 0.490 e. The molecule has 0 spiro atoms. The molecule has 0 bridgehead atoms. The van der Waals surface area contributed by atoms with Gasteiger partial charge in [0.1, 0.15) is 6.26 Å². The molecule has 1 N–H and O–H groups in total. The molecule has 2 aliphatic rings. The van der Waals surface area contributed by atoms with Gasteiger partial charge in [-0.1, -0.05) is 0 Å². The first kappa shape index (κ1) is 22.5. The van der Waals surface area contributed by atoms with Crippen LogP contribution in [0.15, 0.2) is 41.3 Å². The predicted octanol–water partition coefficient (Wildman–Crippen LogP) is 2.61. The Morgan fingerprint density at radius 2 is 2.10 bits per heavy atom. The van der Waals surface area contributed by atoms with Crippen molar-refractivity contribution in [1.82, 2.24) is 9.88 Å². The number of alkyl halides is 3. The van der Waals surface area contributed by atoms with Crippen LogP contribution in [0.3, 0.4) is 0 Å². The van der Waals surface area contributed by atoms with Crippen molar-refractivity contribution in [3.8, 4) is 5.88 Å². The standard InChI is InChI=1S/C17H17FN2O4.C2HF3O2/c18-14-2-1-4-19-15(14)24-11-17-9-20(6-13(17)8-23-10-17)16(21)12-3-5-22-7-12;3-2(4,5)1(6)7/h1-5,7,13H,6,8-11H2;(H,6,7)/t13-,17+;/m1./s1. The highest BCUT2D eigenvalue weighted by Gasteiger charge is 2.52. The number of carbonyl (C=O) groups is 2. The molecule has 12 heteroatoms. The number of likely N-dealkylation sites (tertiary alicyclic amines) is 1. The van der Waals surface area contributed by atoms with Crippen molar-refractivity contribution in [3.63, 3.8) is 0 Å². The van der Waals surface area contributed by atoms with Gasteiger partial charge in [-0.05, 0) is 18.2 Å². The summed E-state index contributed by atoms with van der Waals surface area (Å²) in [6.45, 7) is 2.43. The van der Waals surface area contributed by atoms with Gasteiger partial charge in [0.2, 0.25) is 5.88 Å². The number of pyridine rings is 1. The van der Waals surface area contributed by atoms with Gasteiger partial charge in [-0.2, -0.15) is 13.2 Å². The van der Waals surface area contributed by atoms with Crippen LogP contribution in [0.25, 0.3) is 0 Å². The fourth-order valence-electron chi connectivity index (χ4n) is 3.45. The SMILES string of the molecule is O=C(O)C(F)(F)F.O=C(c1ccoc1)N1C[C@@H]2COC[C@]2(COc2ncccc2F)C1. The maximum Gasteiger partial charge on any atom is 0.490 e. The highest BCUT2D eigenvalue weighted by Crippen LogP contribution is 2.42. The highest BCUT2D eigenvalue weighted by atomic mass is 19.4. The summed E-state index contributed by atoms with van der Waals surface area (Å²) in [5, 5.41) is 7.12. The maximum atomic E-state index is 13.7. The van der Waals surface area contributed by atoms with Crippen LogP contribution in [-0.2, 0) is 9.53 Å². The summed E-state index contributed by atoms with van der Waals surface area (Å²) in [4.78, 5) is 27.1. The smallest absolute Gasteiger partial charge is 0.475 e. The molecular weight excluding hydrogens is 428 g/mol. The van der Waals surface area contributed by atoms with Crippen LogP contribution in [0.5, 0.6) is 5.88 Å². The number of hydrogen-bond donors (Lipinski definition) is 1. The Bertz CT molecular complexity index is 920. The molecule has 4 heterocycles. The van der Waals surface area contributed by atoms with E-state index in [1.165, 1.54) is 30.9 Å². The van der Waals surface area contributed by atoms with E-state index < -0.39 is 18.0 Å². The van der Waals surface area contributed by atoms with Crippen LogP contribution in [0.2, 0.25) is 0 Å². The average Bonchev–Trinajstić information content (AvgIpc) is 3.43. The number of aliphatic carboxylic acids is 1. The fourth-order valence-corrected chi connectivity index (χ4v) is 3.45. The van der Waals surface area contributed by atoms with Crippen molar-refractivity contribution < 1.29 is 46.1 Å². The Labute approximate surface area is 173 Å². The summed E-state index contributed by atoms with van der Waals surface area (Å²) in [7, 11) is 0. The number of carboxylic acid groups (broad SMARTS) is 1. The van der Waals surface area contributed by atoms with Crippen molar-refractivity contribution in [2.75, 3.05) is 32.9 Å². The summed E-state index contributed by atoms with van der Waals surface area (Å²) in [6, 6.07) is 4.48. The average molecular weight is 446 g/mol. The maximum absolute atomic E-state index is 13.7. The van der Waals surface area contributed by atoms with Gasteiger partial charge in [0, 0.05) is 25.2 Å². The number of amides is 1. The minimum Gasteiger partial charge on any atom is -0.475 e. The second-order valence-electron chi connectivity index (χ2n) is 7.15. The van der Waals surface area contributed by atoms with Gasteiger partial charge in [0.05, 0.1) is 37.1 Å². The van der Waals surface area contributed by atoms with Crippen LogP contribution in [0, 0.1) is 17.2 Å². The summed E-state index contributed by atoms with van der Waals surface area (Å²) in [6.07, 6.45) is -0.669. The first-order valence-corrected chi connectivity index (χ1v) is 9.05. The molecule has 0 aromatic carbocycles. The number of hydrogen-bond acceptors (Lipinski definition) is 6. The molecule has 2 fully saturated rings. The summed E-state index contributed by atoms with van der Waals surface area (Å²) < 4.78 is 61.6. The van der Waals surface area contributed by atoms with E-state index in [0.29, 0.717) is 31.9 Å². The third kappa shape index (κ3) is 5.13. The van der Waals surface area contributed by atoms with E-state index in [-0.39, 0.29) is 29.7 Å². The molecule has 2 atom stereocenters. The Morgan fingerprint density at radius 3 is 2.71 bits per heavy atom. The second kappa shape index (κ2) is 8.92. The molecule has 2 saturated heterocycles. The minimum absolute atomic E-state index is 0.0165. The number of ether oxygens (including phenoxy) is 2. The number of carboxylic acids is 1. The number of aromatic nitrogens is 1. The molecule has 0 unspecified atom stereocenters. The fraction of sp³-hybridized carbons (Fsp3) is 0.421. The summed E-state index contributed by atoms with van der Waals surface area (Å²) in [5.41, 5.74) is 0.200. The van der Waals surface area contributed by atoms with E-state index in [9.17, 15) is 22.4 Å². The number of fused-ring (bicyclic) bond motifs is 1. The lowest BCUT2D eigenvalue weighted by Gasteiger charge is -2.26. The van der Waals surface area contributed by atoms with Gasteiger partial charge in [-0.3, -0.25) is 4.79 Å². The molecule has 168 valence electrons. The molecule has 2 aliphatic heterocycles. The van der Waals surface area contributed by atoms with Crippen LogP contribution in [-0.4, -0.2) is 66.0 Å².